The maximum atomic E-state index is 2.27. The lowest BCUT2D eigenvalue weighted by atomic mass is 10.1. The molecular formula is C28H32N2+2. The second-order valence-corrected chi connectivity index (χ2v) is 7.19. The fourth-order valence-electron chi connectivity index (χ4n) is 3.54. The number of aryl methyl sites for hydroxylation is 3. The molecule has 0 saturated heterocycles. The maximum Gasteiger partial charge on any atom is 0.213 e. The van der Waals surface area contributed by atoms with E-state index >= 15 is 0 Å². The third-order valence-electron chi connectivity index (χ3n) is 5.17. The van der Waals surface area contributed by atoms with Crippen LogP contribution in [-0.4, -0.2) is 0 Å². The quantitative estimate of drug-likeness (QED) is 0.359. The molecule has 0 fully saturated rings. The van der Waals surface area contributed by atoms with Gasteiger partial charge in [-0.25, -0.2) is 4.57 Å². The van der Waals surface area contributed by atoms with E-state index in [-0.39, 0.29) is 0 Å². The molecule has 0 radical (unpaired) electrons. The first-order chi connectivity index (χ1) is 14.8. The van der Waals surface area contributed by atoms with Crippen LogP contribution >= 0.6 is 0 Å². The van der Waals surface area contributed by atoms with Crippen molar-refractivity contribution in [2.24, 2.45) is 0 Å². The summed E-state index contributed by atoms with van der Waals surface area (Å²) in [5.41, 5.74) is 6.39. The van der Waals surface area contributed by atoms with Crippen molar-refractivity contribution < 1.29 is 9.13 Å². The molecule has 2 heterocycles. The van der Waals surface area contributed by atoms with Gasteiger partial charge in [-0.15, -0.1) is 0 Å². The van der Waals surface area contributed by atoms with Crippen LogP contribution in [0.3, 0.4) is 0 Å². The number of para-hydroxylation sites is 1. The van der Waals surface area contributed by atoms with Gasteiger partial charge in [0.15, 0.2) is 24.8 Å². The standard InChI is InChI=1S/C26H26N2.C2H6/c1-22-8-5-6-12-26(22)28-20-15-25(16-21-28)24-13-18-27(19-14-24)17-7-11-23-9-3-2-4-10-23;1-2/h2-6,8-10,12-16,18-21H,7,11,17H2,1H3;1-2H3/q+2;. The van der Waals surface area contributed by atoms with Crippen LogP contribution < -0.4 is 9.13 Å². The molecule has 0 amide bonds. The van der Waals surface area contributed by atoms with Crippen LogP contribution in [0.25, 0.3) is 16.8 Å². The third kappa shape index (κ3) is 5.64. The summed E-state index contributed by atoms with van der Waals surface area (Å²) in [6.07, 6.45) is 10.9. The van der Waals surface area contributed by atoms with Crippen molar-refractivity contribution in [2.75, 3.05) is 0 Å². The first kappa shape index (κ1) is 21.4. The Morgan fingerprint density at radius 2 is 1.20 bits per heavy atom. The molecule has 2 aromatic carbocycles. The number of hydrogen-bond acceptors (Lipinski definition) is 0. The minimum Gasteiger partial charge on any atom is -0.205 e. The van der Waals surface area contributed by atoms with Crippen LogP contribution in [0.4, 0.5) is 0 Å². The highest BCUT2D eigenvalue weighted by molar-refractivity contribution is 5.61. The Hall–Kier alpha value is -3.26. The van der Waals surface area contributed by atoms with Gasteiger partial charge in [0.05, 0.1) is 0 Å². The van der Waals surface area contributed by atoms with Crippen molar-refractivity contribution >= 4 is 0 Å². The highest BCUT2D eigenvalue weighted by atomic mass is 14.9. The van der Waals surface area contributed by atoms with E-state index in [1.54, 1.807) is 0 Å². The van der Waals surface area contributed by atoms with Crippen LogP contribution in [0.1, 0.15) is 31.4 Å². The van der Waals surface area contributed by atoms with Crippen molar-refractivity contribution in [2.45, 2.75) is 40.2 Å². The van der Waals surface area contributed by atoms with Gasteiger partial charge in [0.2, 0.25) is 5.69 Å². The largest absolute Gasteiger partial charge is 0.213 e. The fraction of sp³-hybridized carbons (Fsp3) is 0.214. The van der Waals surface area contributed by atoms with Gasteiger partial charge in [-0.3, -0.25) is 0 Å². The lowest BCUT2D eigenvalue weighted by Crippen LogP contribution is -2.32. The second-order valence-electron chi connectivity index (χ2n) is 7.19. The van der Waals surface area contributed by atoms with Crippen LogP contribution in [0.2, 0.25) is 0 Å². The van der Waals surface area contributed by atoms with Gasteiger partial charge >= 0.3 is 0 Å². The summed E-state index contributed by atoms with van der Waals surface area (Å²) in [6.45, 7) is 7.18. The van der Waals surface area contributed by atoms with Gasteiger partial charge < -0.3 is 0 Å². The molecule has 2 heteroatoms. The van der Waals surface area contributed by atoms with Crippen molar-refractivity contribution in [3.63, 3.8) is 0 Å². The van der Waals surface area contributed by atoms with Crippen molar-refractivity contribution in [3.05, 3.63) is 115 Å². The average Bonchev–Trinajstić information content (AvgIpc) is 2.82. The van der Waals surface area contributed by atoms with Crippen LogP contribution in [-0.2, 0) is 13.0 Å². The summed E-state index contributed by atoms with van der Waals surface area (Å²) in [5, 5.41) is 0. The highest BCUT2D eigenvalue weighted by Gasteiger charge is 2.10. The predicted molar refractivity (Wildman–Crippen MR) is 124 cm³/mol. The Morgan fingerprint density at radius 3 is 1.83 bits per heavy atom. The first-order valence-corrected chi connectivity index (χ1v) is 10.9. The van der Waals surface area contributed by atoms with Gasteiger partial charge in [-0.2, -0.15) is 4.57 Å². The molecule has 0 aliphatic carbocycles. The molecule has 0 spiro atoms. The number of pyridine rings is 2. The molecule has 30 heavy (non-hydrogen) atoms. The zero-order valence-corrected chi connectivity index (χ0v) is 18.3. The normalized spacial score (nSPS) is 10.2. The smallest absolute Gasteiger partial charge is 0.205 e. The summed E-state index contributed by atoms with van der Waals surface area (Å²) in [7, 11) is 0. The van der Waals surface area contributed by atoms with Gasteiger partial charge in [0.1, 0.15) is 6.54 Å². The second kappa shape index (κ2) is 11.1. The SMILES string of the molecule is CC.Cc1ccccc1-[n+]1ccc(-c2cc[n+](CCCc3ccccc3)cc2)cc1. The Morgan fingerprint density at radius 1 is 0.633 bits per heavy atom. The Labute approximate surface area is 181 Å². The van der Waals surface area contributed by atoms with Gasteiger partial charge in [0.25, 0.3) is 0 Å². The molecule has 0 aliphatic rings. The van der Waals surface area contributed by atoms with E-state index in [0.29, 0.717) is 0 Å². The number of nitrogens with zero attached hydrogens (tertiary/aromatic N) is 2. The molecule has 0 unspecified atom stereocenters. The third-order valence-corrected chi connectivity index (χ3v) is 5.17. The van der Waals surface area contributed by atoms with Crippen molar-refractivity contribution in [1.82, 2.24) is 0 Å². The molecule has 0 bridgehead atoms. The van der Waals surface area contributed by atoms with E-state index in [1.807, 2.05) is 13.8 Å². The molecule has 4 rings (SSSR count). The Bertz CT molecular complexity index is 1020. The van der Waals surface area contributed by atoms with E-state index in [2.05, 4.69) is 120 Å². The number of hydrogen-bond donors (Lipinski definition) is 0. The summed E-state index contributed by atoms with van der Waals surface area (Å²) >= 11 is 0. The van der Waals surface area contributed by atoms with E-state index in [0.717, 1.165) is 19.4 Å². The minimum absolute atomic E-state index is 1.04. The minimum atomic E-state index is 1.04. The monoisotopic (exact) mass is 396 g/mol. The summed E-state index contributed by atoms with van der Waals surface area (Å²) in [6, 6.07) is 27.9. The molecule has 4 aromatic rings. The lowest BCUT2D eigenvalue weighted by molar-refractivity contribution is -0.697. The molecule has 2 nitrogen and oxygen atoms in total. The summed E-state index contributed by atoms with van der Waals surface area (Å²) in [4.78, 5) is 0. The summed E-state index contributed by atoms with van der Waals surface area (Å²) in [5.74, 6) is 0. The van der Waals surface area contributed by atoms with E-state index in [1.165, 1.54) is 27.9 Å². The van der Waals surface area contributed by atoms with E-state index in [9.17, 15) is 0 Å². The van der Waals surface area contributed by atoms with Crippen LogP contribution in [0.15, 0.2) is 104 Å². The topological polar surface area (TPSA) is 7.76 Å². The van der Waals surface area contributed by atoms with E-state index in [4.69, 9.17) is 0 Å². The molecular weight excluding hydrogens is 364 g/mol. The van der Waals surface area contributed by atoms with Gasteiger partial charge in [0, 0.05) is 42.3 Å². The van der Waals surface area contributed by atoms with Gasteiger partial charge in [-0.05, 0) is 30.0 Å². The number of aromatic nitrogens is 2. The zero-order valence-electron chi connectivity index (χ0n) is 18.3. The fourth-order valence-corrected chi connectivity index (χ4v) is 3.54. The molecule has 2 aromatic heterocycles. The lowest BCUT2D eigenvalue weighted by Gasteiger charge is -2.03. The molecule has 0 saturated carbocycles. The molecule has 0 N–H and O–H groups in total. The van der Waals surface area contributed by atoms with Crippen molar-refractivity contribution in [1.29, 1.82) is 0 Å². The van der Waals surface area contributed by atoms with Crippen LogP contribution in [0.5, 0.6) is 0 Å². The zero-order chi connectivity index (χ0) is 21.2. The molecule has 0 atom stereocenters. The first-order valence-electron chi connectivity index (χ1n) is 10.9. The maximum absolute atomic E-state index is 2.27. The number of benzene rings is 2. The summed E-state index contributed by atoms with van der Waals surface area (Å²) < 4.78 is 4.44. The Kier molecular flexibility index (Phi) is 7.91. The number of rotatable bonds is 6. The highest BCUT2D eigenvalue weighted by Crippen LogP contribution is 2.16. The molecule has 152 valence electrons. The molecule has 0 aliphatic heterocycles. The average molecular weight is 397 g/mol. The predicted octanol–water partition coefficient (Wildman–Crippen LogP) is 5.89. The van der Waals surface area contributed by atoms with Gasteiger partial charge in [-0.1, -0.05) is 62.4 Å². The van der Waals surface area contributed by atoms with Crippen LogP contribution in [0, 0.1) is 6.92 Å². The van der Waals surface area contributed by atoms with Crippen molar-refractivity contribution in [3.8, 4) is 16.8 Å². The van der Waals surface area contributed by atoms with E-state index < -0.39 is 0 Å². The Balaban J connectivity index is 0.00000124.